The molecule has 5 nitrogen and oxygen atoms in total. The van der Waals surface area contributed by atoms with Gasteiger partial charge in [-0.3, -0.25) is 0 Å². The number of nitrogens with two attached hydrogens (primary N) is 1. The van der Waals surface area contributed by atoms with Gasteiger partial charge in [0.25, 0.3) is 0 Å². The fraction of sp³-hybridized carbons (Fsp3) is 0.211. The van der Waals surface area contributed by atoms with Crippen molar-refractivity contribution in [1.29, 1.82) is 5.26 Å². The van der Waals surface area contributed by atoms with Crippen molar-refractivity contribution >= 4 is 5.70 Å². The van der Waals surface area contributed by atoms with Gasteiger partial charge in [0.2, 0.25) is 0 Å². The molecule has 1 aliphatic heterocycles. The van der Waals surface area contributed by atoms with Gasteiger partial charge in [0.1, 0.15) is 11.5 Å². The van der Waals surface area contributed by atoms with E-state index in [4.69, 9.17) is 20.5 Å². The van der Waals surface area contributed by atoms with Gasteiger partial charge in [-0.15, -0.1) is 0 Å². The summed E-state index contributed by atoms with van der Waals surface area (Å²) in [5.41, 5.74) is 10.6. The number of hydrogen-bond acceptors (Lipinski definition) is 5. The maximum Gasteiger partial charge on any atom is 0.127 e. The van der Waals surface area contributed by atoms with Crippen molar-refractivity contribution in [3.8, 4) is 17.6 Å². The number of hydrogen-bond donors (Lipinski definition) is 1. The zero-order chi connectivity index (χ0) is 17.1. The maximum absolute atomic E-state index is 9.03. The Balaban J connectivity index is 1.86. The van der Waals surface area contributed by atoms with Gasteiger partial charge in [-0.2, -0.15) is 5.26 Å². The van der Waals surface area contributed by atoms with Crippen molar-refractivity contribution in [2.45, 2.75) is 13.1 Å². The number of methoxy groups -OCH3 is 2. The van der Waals surface area contributed by atoms with Crippen LogP contribution < -0.4 is 15.2 Å². The molecule has 5 heteroatoms. The molecule has 0 radical (unpaired) electrons. The van der Waals surface area contributed by atoms with Crippen LogP contribution in [0.15, 0.2) is 42.6 Å². The molecular formula is C19H19N3O2. The van der Waals surface area contributed by atoms with E-state index in [9.17, 15) is 0 Å². The highest BCUT2D eigenvalue weighted by molar-refractivity contribution is 5.68. The van der Waals surface area contributed by atoms with E-state index in [0.29, 0.717) is 17.8 Å². The largest absolute Gasteiger partial charge is 0.497 e. The molecule has 0 saturated heterocycles. The first-order chi connectivity index (χ1) is 11.6. The van der Waals surface area contributed by atoms with Crippen molar-refractivity contribution in [2.75, 3.05) is 14.2 Å². The smallest absolute Gasteiger partial charge is 0.127 e. The van der Waals surface area contributed by atoms with Crippen molar-refractivity contribution in [2.24, 2.45) is 5.73 Å². The van der Waals surface area contributed by atoms with Crippen molar-refractivity contribution < 1.29 is 9.47 Å². The molecule has 2 N–H and O–H groups in total. The molecule has 1 heterocycles. The summed E-state index contributed by atoms with van der Waals surface area (Å²) < 4.78 is 10.7. The van der Waals surface area contributed by atoms with Gasteiger partial charge >= 0.3 is 0 Å². The van der Waals surface area contributed by atoms with Crippen LogP contribution in [0.3, 0.4) is 0 Å². The number of benzene rings is 2. The molecule has 1 aliphatic rings. The number of rotatable bonds is 4. The van der Waals surface area contributed by atoms with Gasteiger partial charge < -0.3 is 20.1 Å². The second kappa shape index (κ2) is 6.55. The lowest BCUT2D eigenvalue weighted by Gasteiger charge is -2.28. The summed E-state index contributed by atoms with van der Waals surface area (Å²) in [6, 6.07) is 13.6. The first-order valence-corrected chi connectivity index (χ1v) is 7.60. The topological polar surface area (TPSA) is 71.5 Å². The van der Waals surface area contributed by atoms with E-state index in [-0.39, 0.29) is 0 Å². The molecule has 3 rings (SSSR count). The number of nitrogens with zero attached hydrogens (tertiary/aromatic N) is 2. The Bertz CT molecular complexity index is 837. The van der Waals surface area contributed by atoms with Crippen LogP contribution in [-0.4, -0.2) is 19.1 Å². The quantitative estimate of drug-likeness (QED) is 0.937. The zero-order valence-electron chi connectivity index (χ0n) is 13.7. The van der Waals surface area contributed by atoms with Crippen LogP contribution in [-0.2, 0) is 13.1 Å². The van der Waals surface area contributed by atoms with Crippen LogP contribution in [0.2, 0.25) is 0 Å². The minimum absolute atomic E-state index is 0.621. The highest BCUT2D eigenvalue weighted by Gasteiger charge is 2.17. The van der Waals surface area contributed by atoms with Gasteiger partial charge in [-0.05, 0) is 29.8 Å². The third-order valence-corrected chi connectivity index (χ3v) is 4.11. The second-order valence-corrected chi connectivity index (χ2v) is 5.65. The first-order valence-electron chi connectivity index (χ1n) is 7.60. The van der Waals surface area contributed by atoms with Gasteiger partial charge in [0.05, 0.1) is 31.5 Å². The van der Waals surface area contributed by atoms with Crippen molar-refractivity contribution in [1.82, 2.24) is 4.90 Å². The molecule has 0 saturated carbocycles. The first kappa shape index (κ1) is 15.8. The lowest BCUT2D eigenvalue weighted by molar-refractivity contribution is 0.340. The predicted molar refractivity (Wildman–Crippen MR) is 92.1 cm³/mol. The van der Waals surface area contributed by atoms with E-state index in [1.165, 1.54) is 0 Å². The number of ether oxygens (including phenoxy) is 2. The summed E-state index contributed by atoms with van der Waals surface area (Å²) in [7, 11) is 3.28. The van der Waals surface area contributed by atoms with E-state index in [1.54, 1.807) is 14.2 Å². The Kier molecular flexibility index (Phi) is 4.30. The third kappa shape index (κ3) is 2.99. The molecule has 0 unspecified atom stereocenters. The minimum atomic E-state index is 0.621. The van der Waals surface area contributed by atoms with E-state index in [0.717, 1.165) is 34.7 Å². The molecule has 2 aromatic rings. The van der Waals surface area contributed by atoms with E-state index in [2.05, 4.69) is 11.0 Å². The van der Waals surface area contributed by atoms with Crippen molar-refractivity contribution in [3.63, 3.8) is 0 Å². The fourth-order valence-corrected chi connectivity index (χ4v) is 2.89. The van der Waals surface area contributed by atoms with Crippen LogP contribution in [0.5, 0.6) is 11.5 Å². The average molecular weight is 321 g/mol. The molecule has 122 valence electrons. The van der Waals surface area contributed by atoms with Crippen LogP contribution in [0.4, 0.5) is 0 Å². The maximum atomic E-state index is 9.03. The highest BCUT2D eigenvalue weighted by Crippen LogP contribution is 2.29. The van der Waals surface area contributed by atoms with E-state index < -0.39 is 0 Å². The molecule has 2 aromatic carbocycles. The molecule has 24 heavy (non-hydrogen) atoms. The summed E-state index contributed by atoms with van der Waals surface area (Å²) in [4.78, 5) is 2.13. The summed E-state index contributed by atoms with van der Waals surface area (Å²) in [5.74, 6) is 1.55. The van der Waals surface area contributed by atoms with Crippen LogP contribution in [0.1, 0.15) is 22.3 Å². The van der Waals surface area contributed by atoms with E-state index >= 15 is 0 Å². The molecular weight excluding hydrogens is 302 g/mol. The Hall–Kier alpha value is -3.13. The molecule has 0 fully saturated rings. The summed E-state index contributed by atoms with van der Waals surface area (Å²) >= 11 is 0. The monoisotopic (exact) mass is 321 g/mol. The van der Waals surface area contributed by atoms with Crippen molar-refractivity contribution in [3.05, 3.63) is 64.9 Å². The lowest BCUT2D eigenvalue weighted by Crippen LogP contribution is -2.24. The second-order valence-electron chi connectivity index (χ2n) is 5.65. The Morgan fingerprint density at radius 1 is 1.17 bits per heavy atom. The summed E-state index contributed by atoms with van der Waals surface area (Å²) in [6.07, 6.45) is 1.92. The third-order valence-electron chi connectivity index (χ3n) is 4.11. The standard InChI is InChI=1S/C19H19N3O2/c1-23-16-6-5-15(19(8-16)24-2)11-22-10-14-4-3-13(9-20)7-17(14)18(21)12-22/h3-8,12H,10-11,21H2,1-2H3. The molecule has 0 amide bonds. The Morgan fingerprint density at radius 2 is 2.00 bits per heavy atom. The number of fused-ring (bicyclic) bond motifs is 1. The van der Waals surface area contributed by atoms with Crippen LogP contribution in [0, 0.1) is 11.3 Å². The lowest BCUT2D eigenvalue weighted by atomic mass is 9.98. The number of nitriles is 1. The SMILES string of the molecule is COc1ccc(CN2C=C(N)c3cc(C#N)ccc3C2)c(OC)c1. The van der Waals surface area contributed by atoms with Crippen LogP contribution >= 0.6 is 0 Å². The highest BCUT2D eigenvalue weighted by atomic mass is 16.5. The molecule has 0 aromatic heterocycles. The van der Waals surface area contributed by atoms with E-state index in [1.807, 2.05) is 42.6 Å². The predicted octanol–water partition coefficient (Wildman–Crippen LogP) is 2.85. The van der Waals surface area contributed by atoms with Gasteiger partial charge in [-0.1, -0.05) is 6.07 Å². The molecule has 0 bridgehead atoms. The van der Waals surface area contributed by atoms with Crippen LogP contribution in [0.25, 0.3) is 5.70 Å². The average Bonchev–Trinajstić information content (AvgIpc) is 2.61. The van der Waals surface area contributed by atoms with Gasteiger partial charge in [0.15, 0.2) is 0 Å². The van der Waals surface area contributed by atoms with Gasteiger partial charge in [-0.25, -0.2) is 0 Å². The fourth-order valence-electron chi connectivity index (χ4n) is 2.89. The Morgan fingerprint density at radius 3 is 2.71 bits per heavy atom. The zero-order valence-corrected chi connectivity index (χ0v) is 13.7. The van der Waals surface area contributed by atoms with Gasteiger partial charge in [0, 0.05) is 36.5 Å². The molecule has 0 aliphatic carbocycles. The summed E-state index contributed by atoms with van der Waals surface area (Å²) in [6.45, 7) is 1.41. The summed E-state index contributed by atoms with van der Waals surface area (Å²) in [5, 5.41) is 9.03. The normalized spacial score (nSPS) is 12.9. The Labute approximate surface area is 141 Å². The minimum Gasteiger partial charge on any atom is -0.497 e. The molecule has 0 spiro atoms. The molecule has 0 atom stereocenters.